The number of carbonyl (C=O) groups is 1. The second-order valence-corrected chi connectivity index (χ2v) is 4.59. The molecule has 1 aromatic rings. The molecule has 4 nitrogen and oxygen atoms in total. The van der Waals surface area contributed by atoms with Crippen LogP contribution in [0.2, 0.25) is 0 Å². The van der Waals surface area contributed by atoms with Crippen LogP contribution in [0.5, 0.6) is 0 Å². The van der Waals surface area contributed by atoms with Crippen LogP contribution in [0, 0.1) is 6.92 Å². The van der Waals surface area contributed by atoms with Gasteiger partial charge in [0.05, 0.1) is 6.10 Å². The Morgan fingerprint density at radius 1 is 1.41 bits per heavy atom. The fourth-order valence-corrected chi connectivity index (χ4v) is 1.82. The van der Waals surface area contributed by atoms with E-state index in [0.29, 0.717) is 17.7 Å². The Kier molecular flexibility index (Phi) is 4.52. The normalized spacial score (nSPS) is 14.1. The molecule has 0 heterocycles. The fourth-order valence-electron chi connectivity index (χ4n) is 1.82. The molecular weight excluding hydrogens is 216 g/mol. The van der Waals surface area contributed by atoms with Crippen LogP contribution in [0.1, 0.15) is 36.2 Å². The number of carbonyl (C=O) groups excluding carboxylic acids is 1. The lowest BCUT2D eigenvalue weighted by atomic mass is 10.1. The molecule has 4 N–H and O–H groups in total. The van der Waals surface area contributed by atoms with Gasteiger partial charge >= 0.3 is 0 Å². The lowest BCUT2D eigenvalue weighted by Crippen LogP contribution is -2.34. The van der Waals surface area contributed by atoms with Crippen molar-refractivity contribution in [3.63, 3.8) is 0 Å². The smallest absolute Gasteiger partial charge is 0.251 e. The maximum absolute atomic E-state index is 11.9. The van der Waals surface area contributed by atoms with Crippen LogP contribution in [0.4, 0.5) is 5.69 Å². The molecule has 0 aliphatic heterocycles. The zero-order valence-corrected chi connectivity index (χ0v) is 10.5. The molecule has 0 spiro atoms. The molecule has 0 aliphatic carbocycles. The van der Waals surface area contributed by atoms with Gasteiger partial charge in [-0.3, -0.25) is 4.79 Å². The molecule has 0 bridgehead atoms. The number of hydrogen-bond donors (Lipinski definition) is 3. The van der Waals surface area contributed by atoms with Gasteiger partial charge in [0.2, 0.25) is 0 Å². The minimum atomic E-state index is -0.423. The summed E-state index contributed by atoms with van der Waals surface area (Å²) in [5.41, 5.74) is 7.78. The van der Waals surface area contributed by atoms with Gasteiger partial charge in [-0.25, -0.2) is 0 Å². The van der Waals surface area contributed by atoms with Gasteiger partial charge in [-0.05, 0) is 51.0 Å². The van der Waals surface area contributed by atoms with Crippen LogP contribution in [0.3, 0.4) is 0 Å². The summed E-state index contributed by atoms with van der Waals surface area (Å²) in [6, 6.07) is 5.19. The minimum Gasteiger partial charge on any atom is -0.399 e. The average molecular weight is 236 g/mol. The molecule has 1 aromatic carbocycles. The monoisotopic (exact) mass is 236 g/mol. The Labute approximate surface area is 102 Å². The van der Waals surface area contributed by atoms with E-state index in [1.807, 2.05) is 19.9 Å². The number of nitrogen functional groups attached to an aromatic ring is 1. The number of nitrogens with one attached hydrogen (secondary N) is 1. The molecule has 1 amide bonds. The second-order valence-electron chi connectivity index (χ2n) is 4.59. The highest BCUT2D eigenvalue weighted by Gasteiger charge is 2.12. The summed E-state index contributed by atoms with van der Waals surface area (Å²) in [5.74, 6) is -0.159. The van der Waals surface area contributed by atoms with E-state index in [4.69, 9.17) is 5.73 Å². The number of amides is 1. The van der Waals surface area contributed by atoms with Crippen LogP contribution in [-0.4, -0.2) is 23.2 Å². The van der Waals surface area contributed by atoms with Crippen LogP contribution >= 0.6 is 0 Å². The summed E-state index contributed by atoms with van der Waals surface area (Å²) >= 11 is 0. The summed E-state index contributed by atoms with van der Waals surface area (Å²) in [6.07, 6.45) is 0.111. The van der Waals surface area contributed by atoms with Gasteiger partial charge in [0, 0.05) is 17.3 Å². The van der Waals surface area contributed by atoms with Crippen molar-refractivity contribution in [2.75, 3.05) is 5.73 Å². The molecule has 2 unspecified atom stereocenters. The summed E-state index contributed by atoms with van der Waals surface area (Å²) in [7, 11) is 0. The number of anilines is 1. The molecule has 2 atom stereocenters. The van der Waals surface area contributed by atoms with Crippen molar-refractivity contribution in [2.45, 2.75) is 39.3 Å². The van der Waals surface area contributed by atoms with Gasteiger partial charge in [-0.15, -0.1) is 0 Å². The first-order valence-corrected chi connectivity index (χ1v) is 5.74. The Morgan fingerprint density at radius 3 is 2.59 bits per heavy atom. The Morgan fingerprint density at radius 2 is 2.06 bits per heavy atom. The molecule has 0 aromatic heterocycles. The summed E-state index contributed by atoms with van der Waals surface area (Å²) in [4.78, 5) is 11.9. The van der Waals surface area contributed by atoms with Gasteiger partial charge in [0.15, 0.2) is 0 Å². The van der Waals surface area contributed by atoms with Crippen molar-refractivity contribution in [2.24, 2.45) is 0 Å². The number of hydrogen-bond acceptors (Lipinski definition) is 3. The summed E-state index contributed by atoms with van der Waals surface area (Å²) < 4.78 is 0. The van der Waals surface area contributed by atoms with Gasteiger partial charge in [-0.1, -0.05) is 0 Å². The number of benzene rings is 1. The van der Waals surface area contributed by atoms with Crippen molar-refractivity contribution in [1.29, 1.82) is 0 Å². The Balaban J connectivity index is 2.69. The molecule has 0 aliphatic rings. The van der Waals surface area contributed by atoms with Crippen molar-refractivity contribution in [3.05, 3.63) is 29.3 Å². The zero-order chi connectivity index (χ0) is 13.0. The SMILES string of the molecule is Cc1cc(N)cc(C(=O)NC(C)CC(C)O)c1. The average Bonchev–Trinajstić information content (AvgIpc) is 2.14. The van der Waals surface area contributed by atoms with E-state index in [2.05, 4.69) is 5.32 Å². The van der Waals surface area contributed by atoms with Gasteiger partial charge < -0.3 is 16.2 Å². The van der Waals surface area contributed by atoms with E-state index in [9.17, 15) is 9.90 Å². The van der Waals surface area contributed by atoms with E-state index < -0.39 is 6.10 Å². The molecule has 17 heavy (non-hydrogen) atoms. The van der Waals surface area contributed by atoms with Crippen molar-refractivity contribution < 1.29 is 9.90 Å². The van der Waals surface area contributed by atoms with E-state index in [1.54, 1.807) is 19.1 Å². The summed E-state index contributed by atoms with van der Waals surface area (Å²) in [5, 5.41) is 12.1. The third kappa shape index (κ3) is 4.44. The first-order valence-electron chi connectivity index (χ1n) is 5.74. The first-order chi connectivity index (χ1) is 7.88. The lowest BCUT2D eigenvalue weighted by Gasteiger charge is -2.15. The molecule has 0 fully saturated rings. The standard InChI is InChI=1S/C13H20N2O2/c1-8-4-11(7-12(14)5-8)13(17)15-9(2)6-10(3)16/h4-5,7,9-10,16H,6,14H2,1-3H3,(H,15,17). The minimum absolute atomic E-state index is 0.0655. The fraction of sp³-hybridized carbons (Fsp3) is 0.462. The highest BCUT2D eigenvalue weighted by Crippen LogP contribution is 2.11. The maximum atomic E-state index is 11.9. The number of aryl methyl sites for hydroxylation is 1. The van der Waals surface area contributed by atoms with Gasteiger partial charge in [-0.2, -0.15) is 0 Å². The van der Waals surface area contributed by atoms with Crippen LogP contribution in [0.15, 0.2) is 18.2 Å². The Bertz CT molecular complexity index is 382. The van der Waals surface area contributed by atoms with Crippen molar-refractivity contribution in [1.82, 2.24) is 5.32 Å². The predicted octanol–water partition coefficient (Wildman–Crippen LogP) is 1.47. The Hall–Kier alpha value is -1.55. The van der Waals surface area contributed by atoms with Gasteiger partial charge in [0.1, 0.15) is 0 Å². The number of rotatable bonds is 4. The lowest BCUT2D eigenvalue weighted by molar-refractivity contribution is 0.0923. The maximum Gasteiger partial charge on any atom is 0.251 e. The molecule has 1 rings (SSSR count). The highest BCUT2D eigenvalue weighted by atomic mass is 16.3. The molecule has 0 saturated carbocycles. The van der Waals surface area contributed by atoms with E-state index >= 15 is 0 Å². The van der Waals surface area contributed by atoms with E-state index in [0.717, 1.165) is 5.56 Å². The predicted molar refractivity (Wildman–Crippen MR) is 68.8 cm³/mol. The third-order valence-corrected chi connectivity index (χ3v) is 2.43. The van der Waals surface area contributed by atoms with Crippen LogP contribution < -0.4 is 11.1 Å². The number of aliphatic hydroxyl groups excluding tert-OH is 1. The first kappa shape index (κ1) is 13.5. The van der Waals surface area contributed by atoms with E-state index in [1.165, 1.54) is 0 Å². The molecular formula is C13H20N2O2. The highest BCUT2D eigenvalue weighted by molar-refractivity contribution is 5.95. The molecule has 94 valence electrons. The number of aliphatic hydroxyl groups is 1. The zero-order valence-electron chi connectivity index (χ0n) is 10.5. The van der Waals surface area contributed by atoms with E-state index in [-0.39, 0.29) is 11.9 Å². The largest absolute Gasteiger partial charge is 0.399 e. The number of nitrogens with two attached hydrogens (primary N) is 1. The molecule has 4 heteroatoms. The van der Waals surface area contributed by atoms with Crippen LogP contribution in [-0.2, 0) is 0 Å². The quantitative estimate of drug-likeness (QED) is 0.693. The van der Waals surface area contributed by atoms with Crippen LogP contribution in [0.25, 0.3) is 0 Å². The topological polar surface area (TPSA) is 75.4 Å². The van der Waals surface area contributed by atoms with Crippen molar-refractivity contribution in [3.8, 4) is 0 Å². The molecule has 0 saturated heterocycles. The van der Waals surface area contributed by atoms with Crippen molar-refractivity contribution >= 4 is 11.6 Å². The summed E-state index contributed by atoms with van der Waals surface area (Å²) in [6.45, 7) is 5.46. The second kappa shape index (κ2) is 5.68. The van der Waals surface area contributed by atoms with Gasteiger partial charge in [0.25, 0.3) is 5.91 Å². The third-order valence-electron chi connectivity index (χ3n) is 2.43. The molecule has 0 radical (unpaired) electrons.